The smallest absolute Gasteiger partial charge is 0.193 e. The molecule has 0 aromatic carbocycles. The average molecular weight is 318 g/mol. The molecule has 0 saturated carbocycles. The van der Waals surface area contributed by atoms with Crippen LogP contribution in [-0.4, -0.2) is 38.3 Å². The number of nitrogens with one attached hydrogen (secondary N) is 1. The van der Waals surface area contributed by atoms with Gasteiger partial charge in [0.2, 0.25) is 0 Å². The first kappa shape index (κ1) is 19.3. The fraction of sp³-hybridized carbons (Fsp3) is 0.857. The van der Waals surface area contributed by atoms with E-state index in [4.69, 9.17) is 4.43 Å². The first-order chi connectivity index (χ1) is 8.39. The fourth-order valence-electron chi connectivity index (χ4n) is 1.47. The molecule has 0 amide bonds. The molecule has 0 aliphatic carbocycles. The molecule has 0 bridgehead atoms. The van der Waals surface area contributed by atoms with Gasteiger partial charge in [0.05, 0.1) is 15.4 Å². The minimum Gasteiger partial charge on any atom is -0.405 e. The molecule has 2 nitrogen and oxygen atoms in total. The molecule has 19 heavy (non-hydrogen) atoms. The molecular weight excluding hydrogens is 282 g/mol. The summed E-state index contributed by atoms with van der Waals surface area (Å²) in [5.74, 6) is 0.273. The van der Waals surface area contributed by atoms with Crippen LogP contribution in [0.5, 0.6) is 0 Å². The van der Waals surface area contributed by atoms with Crippen LogP contribution in [0.4, 0.5) is 0 Å². The Morgan fingerprint density at radius 1 is 1.21 bits per heavy atom. The standard InChI is InChI=1S/C14H35NOSi3/c1-10-17-13(15-11-12-18(5,6)7)16-19(8,9)14(2,3)4/h10,13,15H,1,11-12,17H2,2-9H3. The van der Waals surface area contributed by atoms with Crippen molar-refractivity contribution in [1.82, 2.24) is 5.32 Å². The van der Waals surface area contributed by atoms with Crippen LogP contribution in [0.25, 0.3) is 0 Å². The Morgan fingerprint density at radius 2 is 1.74 bits per heavy atom. The molecule has 114 valence electrons. The van der Waals surface area contributed by atoms with E-state index < -0.39 is 16.4 Å². The minimum absolute atomic E-state index is 0.273. The number of rotatable bonds is 8. The summed E-state index contributed by atoms with van der Waals surface area (Å²) in [4.78, 5) is 0. The van der Waals surface area contributed by atoms with Crippen molar-refractivity contribution in [3.05, 3.63) is 12.3 Å². The number of hydrogen-bond donors (Lipinski definition) is 1. The van der Waals surface area contributed by atoms with Gasteiger partial charge in [-0.15, -0.1) is 12.3 Å². The molecule has 1 unspecified atom stereocenters. The topological polar surface area (TPSA) is 21.3 Å². The van der Waals surface area contributed by atoms with Gasteiger partial charge in [0.25, 0.3) is 0 Å². The Hall–Kier alpha value is 0.311. The summed E-state index contributed by atoms with van der Waals surface area (Å²) in [6, 6.07) is 1.32. The van der Waals surface area contributed by atoms with Crippen LogP contribution < -0.4 is 5.32 Å². The van der Waals surface area contributed by atoms with Crippen LogP contribution in [0.1, 0.15) is 20.8 Å². The van der Waals surface area contributed by atoms with E-state index >= 15 is 0 Å². The van der Waals surface area contributed by atoms with E-state index in [0.29, 0.717) is 0 Å². The summed E-state index contributed by atoms with van der Waals surface area (Å²) >= 11 is 0. The van der Waals surface area contributed by atoms with E-state index in [2.05, 4.69) is 71.1 Å². The van der Waals surface area contributed by atoms with Gasteiger partial charge in [0.15, 0.2) is 8.32 Å². The molecule has 5 heteroatoms. The normalized spacial score (nSPS) is 16.0. The molecule has 0 aromatic rings. The van der Waals surface area contributed by atoms with Gasteiger partial charge in [-0.1, -0.05) is 40.4 Å². The van der Waals surface area contributed by atoms with E-state index in [1.54, 1.807) is 0 Å². The fourth-order valence-corrected chi connectivity index (χ4v) is 5.82. The van der Waals surface area contributed by atoms with E-state index in [-0.39, 0.29) is 20.4 Å². The van der Waals surface area contributed by atoms with Gasteiger partial charge in [-0.3, -0.25) is 5.32 Å². The van der Waals surface area contributed by atoms with Crippen molar-refractivity contribution < 1.29 is 4.43 Å². The van der Waals surface area contributed by atoms with Crippen LogP contribution in [0.15, 0.2) is 12.3 Å². The molecule has 0 heterocycles. The third kappa shape index (κ3) is 8.24. The Balaban J connectivity index is 4.46. The predicted molar refractivity (Wildman–Crippen MR) is 97.0 cm³/mol. The van der Waals surface area contributed by atoms with Crippen LogP contribution in [0.3, 0.4) is 0 Å². The van der Waals surface area contributed by atoms with Crippen molar-refractivity contribution in [2.75, 3.05) is 6.54 Å². The SMILES string of the molecule is C=C[SiH2]C(NCC[Si](C)(C)C)O[Si](C)(C)C(C)(C)C. The molecule has 0 radical (unpaired) electrons. The van der Waals surface area contributed by atoms with Crippen molar-refractivity contribution in [3.63, 3.8) is 0 Å². The molecule has 0 spiro atoms. The molecule has 0 aliphatic rings. The average Bonchev–Trinajstić information content (AvgIpc) is 2.13. The molecule has 1 atom stereocenters. The maximum atomic E-state index is 6.49. The first-order valence-corrected chi connectivity index (χ1v) is 15.7. The van der Waals surface area contributed by atoms with Gasteiger partial charge >= 0.3 is 0 Å². The Morgan fingerprint density at radius 3 is 2.11 bits per heavy atom. The first-order valence-electron chi connectivity index (χ1n) is 7.41. The van der Waals surface area contributed by atoms with E-state index in [1.807, 2.05) is 0 Å². The zero-order chi connectivity index (χ0) is 15.3. The third-order valence-electron chi connectivity index (χ3n) is 3.87. The van der Waals surface area contributed by atoms with E-state index in [1.165, 1.54) is 6.04 Å². The third-order valence-corrected chi connectivity index (χ3v) is 11.7. The lowest BCUT2D eigenvalue weighted by molar-refractivity contribution is 0.219. The summed E-state index contributed by atoms with van der Waals surface area (Å²) in [5.41, 5.74) is 2.10. The highest BCUT2D eigenvalue weighted by Gasteiger charge is 2.38. The summed E-state index contributed by atoms with van der Waals surface area (Å²) < 4.78 is 6.49. The molecular formula is C14H35NOSi3. The summed E-state index contributed by atoms with van der Waals surface area (Å²) in [7, 11) is -3.01. The van der Waals surface area contributed by atoms with Crippen molar-refractivity contribution >= 4 is 25.9 Å². The summed E-state index contributed by atoms with van der Waals surface area (Å²) in [6.45, 7) is 23.8. The second-order valence-corrected chi connectivity index (χ2v) is 20.3. The zero-order valence-electron chi connectivity index (χ0n) is 14.4. The highest BCUT2D eigenvalue weighted by molar-refractivity contribution is 6.76. The van der Waals surface area contributed by atoms with Crippen LogP contribution in [0.2, 0.25) is 43.8 Å². The maximum Gasteiger partial charge on any atom is 0.193 e. The van der Waals surface area contributed by atoms with Crippen molar-refractivity contribution in [1.29, 1.82) is 0 Å². The van der Waals surface area contributed by atoms with Crippen molar-refractivity contribution in [2.45, 2.75) is 70.4 Å². The van der Waals surface area contributed by atoms with Crippen LogP contribution in [0, 0.1) is 0 Å². The highest BCUT2D eigenvalue weighted by atomic mass is 28.4. The largest absolute Gasteiger partial charge is 0.405 e. The lowest BCUT2D eigenvalue weighted by Crippen LogP contribution is -2.50. The summed E-state index contributed by atoms with van der Waals surface area (Å²) in [5, 5.41) is 3.92. The highest BCUT2D eigenvalue weighted by Crippen LogP contribution is 2.37. The van der Waals surface area contributed by atoms with Crippen molar-refractivity contribution in [3.8, 4) is 0 Å². The van der Waals surface area contributed by atoms with Crippen LogP contribution >= 0.6 is 0 Å². The van der Waals surface area contributed by atoms with E-state index in [9.17, 15) is 0 Å². The second-order valence-electron chi connectivity index (χ2n) is 8.16. The van der Waals surface area contributed by atoms with Crippen molar-refractivity contribution in [2.24, 2.45) is 0 Å². The second kappa shape index (κ2) is 7.36. The Kier molecular flexibility index (Phi) is 7.48. The Labute approximate surface area is 125 Å². The van der Waals surface area contributed by atoms with Gasteiger partial charge in [-0.2, -0.15) is 0 Å². The van der Waals surface area contributed by atoms with Gasteiger partial charge in [-0.05, 0) is 30.7 Å². The summed E-state index contributed by atoms with van der Waals surface area (Å²) in [6.07, 6.45) is 0. The van der Waals surface area contributed by atoms with Gasteiger partial charge < -0.3 is 4.43 Å². The molecule has 0 saturated heterocycles. The minimum atomic E-state index is -1.67. The predicted octanol–water partition coefficient (Wildman–Crippen LogP) is 3.53. The molecule has 0 aliphatic heterocycles. The maximum absolute atomic E-state index is 6.49. The zero-order valence-corrected chi connectivity index (χ0v) is 17.8. The quantitative estimate of drug-likeness (QED) is 0.546. The molecule has 0 rings (SSSR count). The van der Waals surface area contributed by atoms with Gasteiger partial charge in [-0.25, -0.2) is 0 Å². The molecule has 1 N–H and O–H groups in total. The lowest BCUT2D eigenvalue weighted by atomic mass is 10.2. The number of hydrogen-bond acceptors (Lipinski definition) is 2. The van der Waals surface area contributed by atoms with Gasteiger partial charge in [0, 0.05) is 8.07 Å². The monoisotopic (exact) mass is 317 g/mol. The Bertz CT molecular complexity index is 279. The van der Waals surface area contributed by atoms with Gasteiger partial charge in [0.1, 0.15) is 0 Å². The lowest BCUT2D eigenvalue weighted by Gasteiger charge is -2.39. The van der Waals surface area contributed by atoms with Crippen LogP contribution in [-0.2, 0) is 4.43 Å². The van der Waals surface area contributed by atoms with E-state index in [0.717, 1.165) is 6.54 Å². The molecule has 0 aromatic heterocycles. The molecule has 0 fully saturated rings.